The van der Waals surface area contributed by atoms with Gasteiger partial charge in [-0.2, -0.15) is 5.10 Å². The minimum atomic E-state index is -0.250. The van der Waals surface area contributed by atoms with E-state index in [0.29, 0.717) is 16.7 Å². The SMILES string of the molecule is Nc1nnc(Cc2cccc(F)c2)cc1Br. The summed E-state index contributed by atoms with van der Waals surface area (Å²) in [4.78, 5) is 0. The van der Waals surface area contributed by atoms with Crippen molar-refractivity contribution < 1.29 is 4.39 Å². The lowest BCUT2D eigenvalue weighted by molar-refractivity contribution is 0.626. The molecule has 16 heavy (non-hydrogen) atoms. The van der Waals surface area contributed by atoms with Crippen LogP contribution in [0.2, 0.25) is 0 Å². The second-order valence-corrected chi connectivity index (χ2v) is 4.23. The van der Waals surface area contributed by atoms with E-state index in [1.807, 2.05) is 6.07 Å². The Balaban J connectivity index is 2.24. The Kier molecular flexibility index (Phi) is 3.14. The third kappa shape index (κ3) is 2.55. The van der Waals surface area contributed by atoms with E-state index in [2.05, 4.69) is 26.1 Å². The predicted octanol–water partition coefficient (Wildman–Crippen LogP) is 2.55. The molecule has 82 valence electrons. The summed E-state index contributed by atoms with van der Waals surface area (Å²) in [7, 11) is 0. The van der Waals surface area contributed by atoms with Gasteiger partial charge in [-0.05, 0) is 39.7 Å². The molecule has 0 saturated heterocycles. The molecule has 0 amide bonds. The number of hydrogen-bond donors (Lipinski definition) is 1. The van der Waals surface area contributed by atoms with Crippen LogP contribution in [-0.2, 0) is 6.42 Å². The zero-order valence-corrected chi connectivity index (χ0v) is 9.91. The highest BCUT2D eigenvalue weighted by Crippen LogP contribution is 2.17. The first kappa shape index (κ1) is 11.0. The number of halogens is 2. The molecule has 1 aromatic carbocycles. The molecule has 3 nitrogen and oxygen atoms in total. The van der Waals surface area contributed by atoms with E-state index in [1.165, 1.54) is 12.1 Å². The summed E-state index contributed by atoms with van der Waals surface area (Å²) in [6.07, 6.45) is 0.531. The smallest absolute Gasteiger partial charge is 0.160 e. The summed E-state index contributed by atoms with van der Waals surface area (Å²) < 4.78 is 13.7. The Morgan fingerprint density at radius 1 is 1.25 bits per heavy atom. The predicted molar refractivity (Wildman–Crippen MR) is 63.4 cm³/mol. The van der Waals surface area contributed by atoms with Crippen molar-refractivity contribution in [1.82, 2.24) is 10.2 Å². The van der Waals surface area contributed by atoms with E-state index in [4.69, 9.17) is 5.73 Å². The molecule has 1 aromatic heterocycles. The first-order chi connectivity index (χ1) is 7.65. The lowest BCUT2D eigenvalue weighted by Gasteiger charge is -2.02. The third-order valence-electron chi connectivity index (χ3n) is 2.10. The summed E-state index contributed by atoms with van der Waals surface area (Å²) in [5.41, 5.74) is 7.12. The first-order valence-electron chi connectivity index (χ1n) is 4.67. The topological polar surface area (TPSA) is 51.8 Å². The molecule has 0 saturated carbocycles. The van der Waals surface area contributed by atoms with Crippen LogP contribution in [0.25, 0.3) is 0 Å². The highest BCUT2D eigenvalue weighted by molar-refractivity contribution is 9.10. The van der Waals surface area contributed by atoms with Crippen molar-refractivity contribution in [2.24, 2.45) is 0 Å². The average molecular weight is 282 g/mol. The Bertz CT molecular complexity index is 516. The van der Waals surface area contributed by atoms with Gasteiger partial charge >= 0.3 is 0 Å². The van der Waals surface area contributed by atoms with Crippen molar-refractivity contribution in [3.63, 3.8) is 0 Å². The highest BCUT2D eigenvalue weighted by atomic mass is 79.9. The van der Waals surface area contributed by atoms with Crippen molar-refractivity contribution in [1.29, 1.82) is 0 Å². The third-order valence-corrected chi connectivity index (χ3v) is 2.73. The number of benzene rings is 1. The Hall–Kier alpha value is -1.49. The Morgan fingerprint density at radius 2 is 2.06 bits per heavy atom. The fourth-order valence-electron chi connectivity index (χ4n) is 1.36. The normalized spacial score (nSPS) is 10.4. The van der Waals surface area contributed by atoms with Gasteiger partial charge in [-0.1, -0.05) is 12.1 Å². The maximum Gasteiger partial charge on any atom is 0.160 e. The molecule has 0 atom stereocenters. The Labute approximate surface area is 101 Å². The molecule has 0 radical (unpaired) electrons. The van der Waals surface area contributed by atoms with Crippen molar-refractivity contribution in [3.8, 4) is 0 Å². The van der Waals surface area contributed by atoms with Crippen LogP contribution < -0.4 is 5.73 Å². The number of nitrogens with zero attached hydrogens (tertiary/aromatic N) is 2. The van der Waals surface area contributed by atoms with E-state index >= 15 is 0 Å². The van der Waals surface area contributed by atoms with Crippen molar-refractivity contribution in [3.05, 3.63) is 51.9 Å². The van der Waals surface area contributed by atoms with Gasteiger partial charge in [-0.3, -0.25) is 0 Å². The average Bonchev–Trinajstić information content (AvgIpc) is 2.24. The zero-order chi connectivity index (χ0) is 11.5. The Morgan fingerprint density at radius 3 is 2.75 bits per heavy atom. The molecule has 5 heteroatoms. The van der Waals surface area contributed by atoms with Crippen LogP contribution >= 0.6 is 15.9 Å². The van der Waals surface area contributed by atoms with Gasteiger partial charge in [0.25, 0.3) is 0 Å². The van der Waals surface area contributed by atoms with Crippen LogP contribution in [0.5, 0.6) is 0 Å². The fourth-order valence-corrected chi connectivity index (χ4v) is 1.70. The summed E-state index contributed by atoms with van der Waals surface area (Å²) in [6.45, 7) is 0. The van der Waals surface area contributed by atoms with E-state index in [0.717, 1.165) is 11.3 Å². The second kappa shape index (κ2) is 4.57. The molecular formula is C11H9BrFN3. The largest absolute Gasteiger partial charge is 0.381 e. The minimum Gasteiger partial charge on any atom is -0.381 e. The van der Waals surface area contributed by atoms with Crippen LogP contribution in [0.15, 0.2) is 34.8 Å². The van der Waals surface area contributed by atoms with Gasteiger partial charge in [0.05, 0.1) is 10.2 Å². The summed E-state index contributed by atoms with van der Waals surface area (Å²) in [5, 5.41) is 7.72. The molecule has 0 aliphatic carbocycles. The van der Waals surface area contributed by atoms with E-state index < -0.39 is 0 Å². The van der Waals surface area contributed by atoms with Crippen LogP contribution in [0, 0.1) is 5.82 Å². The van der Waals surface area contributed by atoms with Crippen LogP contribution in [0.1, 0.15) is 11.3 Å². The summed E-state index contributed by atoms with van der Waals surface area (Å²) in [6, 6.07) is 8.19. The lowest BCUT2D eigenvalue weighted by atomic mass is 10.1. The van der Waals surface area contributed by atoms with Crippen molar-refractivity contribution in [2.75, 3.05) is 5.73 Å². The van der Waals surface area contributed by atoms with E-state index in [9.17, 15) is 4.39 Å². The van der Waals surface area contributed by atoms with Gasteiger partial charge in [0.15, 0.2) is 5.82 Å². The number of nitrogen functional groups attached to an aromatic ring is 1. The fraction of sp³-hybridized carbons (Fsp3) is 0.0909. The van der Waals surface area contributed by atoms with Gasteiger partial charge in [0, 0.05) is 6.42 Å². The standard InChI is InChI=1S/C11H9BrFN3/c12-10-6-9(15-16-11(10)14)5-7-2-1-3-8(13)4-7/h1-4,6H,5H2,(H2,14,16). The quantitative estimate of drug-likeness (QED) is 0.921. The van der Waals surface area contributed by atoms with E-state index in [-0.39, 0.29) is 5.82 Å². The maximum atomic E-state index is 12.9. The number of nitrogens with two attached hydrogens (primary N) is 1. The second-order valence-electron chi connectivity index (χ2n) is 3.38. The summed E-state index contributed by atoms with van der Waals surface area (Å²) in [5.74, 6) is 0.1000. The minimum absolute atomic E-state index is 0.250. The molecule has 2 aromatic rings. The highest BCUT2D eigenvalue weighted by Gasteiger charge is 2.03. The first-order valence-corrected chi connectivity index (χ1v) is 5.46. The molecular weight excluding hydrogens is 273 g/mol. The van der Waals surface area contributed by atoms with Gasteiger partial charge in [-0.15, -0.1) is 5.10 Å². The van der Waals surface area contributed by atoms with Gasteiger partial charge in [0.2, 0.25) is 0 Å². The zero-order valence-electron chi connectivity index (χ0n) is 8.32. The van der Waals surface area contributed by atoms with Gasteiger partial charge in [0.1, 0.15) is 5.82 Å². The lowest BCUT2D eigenvalue weighted by Crippen LogP contribution is -1.99. The van der Waals surface area contributed by atoms with Crippen molar-refractivity contribution >= 4 is 21.7 Å². The summed E-state index contributed by atoms with van der Waals surface area (Å²) >= 11 is 3.27. The molecule has 0 aliphatic heterocycles. The maximum absolute atomic E-state index is 12.9. The number of rotatable bonds is 2. The molecule has 2 N–H and O–H groups in total. The van der Waals surface area contributed by atoms with Gasteiger partial charge < -0.3 is 5.73 Å². The monoisotopic (exact) mass is 281 g/mol. The number of aromatic nitrogens is 2. The van der Waals surface area contributed by atoms with E-state index in [1.54, 1.807) is 12.1 Å². The molecule has 2 rings (SSSR count). The number of anilines is 1. The molecule has 0 fully saturated rings. The van der Waals surface area contributed by atoms with Crippen molar-refractivity contribution in [2.45, 2.75) is 6.42 Å². The van der Waals surface area contributed by atoms with Crippen LogP contribution in [0.3, 0.4) is 0 Å². The molecule has 1 heterocycles. The molecule has 0 aliphatic rings. The van der Waals surface area contributed by atoms with Gasteiger partial charge in [-0.25, -0.2) is 4.39 Å². The molecule has 0 bridgehead atoms. The molecule has 0 unspecified atom stereocenters. The van der Waals surface area contributed by atoms with Crippen LogP contribution in [0.4, 0.5) is 10.2 Å². The number of hydrogen-bond acceptors (Lipinski definition) is 3. The molecule has 0 spiro atoms. The van der Waals surface area contributed by atoms with Crippen LogP contribution in [-0.4, -0.2) is 10.2 Å².